The number of amides is 1. The van der Waals surface area contributed by atoms with Crippen LogP contribution in [-0.2, 0) is 17.8 Å². The van der Waals surface area contributed by atoms with E-state index in [1.807, 2.05) is 30.5 Å². The molecule has 6 nitrogen and oxygen atoms in total. The molecule has 2 N–H and O–H groups in total. The number of nitrogens with one attached hydrogen (secondary N) is 1. The van der Waals surface area contributed by atoms with Crippen LogP contribution in [0, 0.1) is 0 Å². The van der Waals surface area contributed by atoms with Crippen LogP contribution in [0.2, 0.25) is 0 Å². The lowest BCUT2D eigenvalue weighted by Gasteiger charge is -2.12. The molecule has 0 aliphatic rings. The minimum absolute atomic E-state index is 0.0295. The SMILES string of the molecule is CCCCNC(=O)Cc1ccc2ccn(Cc3ccc(C(=O)O)cc3OC)c2c1. The Morgan fingerprint density at radius 1 is 1.14 bits per heavy atom. The second kappa shape index (κ2) is 9.28. The van der Waals surface area contributed by atoms with Gasteiger partial charge in [0, 0.05) is 23.8 Å². The van der Waals surface area contributed by atoms with Crippen LogP contribution in [0.3, 0.4) is 0 Å². The first-order valence-electron chi connectivity index (χ1n) is 9.76. The molecule has 0 aliphatic heterocycles. The molecule has 0 saturated heterocycles. The average Bonchev–Trinajstić information content (AvgIpc) is 3.10. The third-order valence-electron chi connectivity index (χ3n) is 4.93. The summed E-state index contributed by atoms with van der Waals surface area (Å²) >= 11 is 0. The van der Waals surface area contributed by atoms with Gasteiger partial charge in [0.1, 0.15) is 5.75 Å². The van der Waals surface area contributed by atoms with Gasteiger partial charge in [-0.05, 0) is 41.6 Å². The fraction of sp³-hybridized carbons (Fsp3) is 0.304. The molecule has 0 unspecified atom stereocenters. The van der Waals surface area contributed by atoms with Crippen molar-refractivity contribution in [2.75, 3.05) is 13.7 Å². The zero-order valence-corrected chi connectivity index (χ0v) is 16.8. The van der Waals surface area contributed by atoms with Crippen LogP contribution in [-0.4, -0.2) is 35.2 Å². The van der Waals surface area contributed by atoms with Gasteiger partial charge in [-0.3, -0.25) is 4.79 Å². The number of hydrogen-bond donors (Lipinski definition) is 2. The zero-order valence-electron chi connectivity index (χ0n) is 16.8. The fourth-order valence-corrected chi connectivity index (χ4v) is 3.32. The maximum Gasteiger partial charge on any atom is 0.335 e. The predicted octanol–water partition coefficient (Wildman–Crippen LogP) is 3.86. The summed E-state index contributed by atoms with van der Waals surface area (Å²) in [4.78, 5) is 23.3. The van der Waals surface area contributed by atoms with Crippen molar-refractivity contribution in [2.24, 2.45) is 0 Å². The van der Waals surface area contributed by atoms with Gasteiger partial charge in [0.15, 0.2) is 0 Å². The van der Waals surface area contributed by atoms with E-state index in [-0.39, 0.29) is 11.5 Å². The van der Waals surface area contributed by atoms with Crippen LogP contribution < -0.4 is 10.1 Å². The Kier molecular flexibility index (Phi) is 6.54. The van der Waals surface area contributed by atoms with Gasteiger partial charge in [-0.25, -0.2) is 4.79 Å². The number of hydrogen-bond acceptors (Lipinski definition) is 3. The summed E-state index contributed by atoms with van der Waals surface area (Å²) < 4.78 is 7.47. The first-order chi connectivity index (χ1) is 14.0. The number of rotatable bonds is 9. The number of benzene rings is 2. The monoisotopic (exact) mass is 394 g/mol. The Morgan fingerprint density at radius 3 is 2.69 bits per heavy atom. The molecule has 0 spiro atoms. The van der Waals surface area contributed by atoms with Crippen molar-refractivity contribution >= 4 is 22.8 Å². The quantitative estimate of drug-likeness (QED) is 0.540. The molecule has 3 aromatic rings. The van der Waals surface area contributed by atoms with Crippen LogP contribution in [0.4, 0.5) is 0 Å². The molecule has 0 bridgehead atoms. The predicted molar refractivity (Wildman–Crippen MR) is 113 cm³/mol. The first-order valence-corrected chi connectivity index (χ1v) is 9.76. The summed E-state index contributed by atoms with van der Waals surface area (Å²) in [7, 11) is 1.54. The van der Waals surface area contributed by atoms with Crippen molar-refractivity contribution in [1.82, 2.24) is 9.88 Å². The second-order valence-corrected chi connectivity index (χ2v) is 7.05. The molecule has 0 aliphatic carbocycles. The Hall–Kier alpha value is -3.28. The highest BCUT2D eigenvalue weighted by molar-refractivity contribution is 5.88. The van der Waals surface area contributed by atoms with E-state index in [1.54, 1.807) is 12.1 Å². The minimum atomic E-state index is -0.983. The number of carbonyl (C=O) groups excluding carboxylic acids is 1. The molecule has 2 aromatic carbocycles. The van der Waals surface area contributed by atoms with Crippen molar-refractivity contribution in [2.45, 2.75) is 32.7 Å². The molecule has 0 fully saturated rings. The largest absolute Gasteiger partial charge is 0.496 e. The zero-order chi connectivity index (χ0) is 20.8. The molecule has 1 aromatic heterocycles. The van der Waals surface area contributed by atoms with Crippen molar-refractivity contribution in [3.05, 3.63) is 65.4 Å². The highest BCUT2D eigenvalue weighted by Crippen LogP contribution is 2.25. The lowest BCUT2D eigenvalue weighted by molar-refractivity contribution is -0.120. The topological polar surface area (TPSA) is 80.6 Å². The van der Waals surface area contributed by atoms with Crippen LogP contribution >= 0.6 is 0 Å². The number of carboxylic acids is 1. The summed E-state index contributed by atoms with van der Waals surface area (Å²) in [5.74, 6) is -0.414. The van der Waals surface area contributed by atoms with E-state index < -0.39 is 5.97 Å². The molecular weight excluding hydrogens is 368 g/mol. The number of methoxy groups -OCH3 is 1. The van der Waals surface area contributed by atoms with Crippen molar-refractivity contribution in [3.8, 4) is 5.75 Å². The number of aromatic nitrogens is 1. The molecule has 152 valence electrons. The van der Waals surface area contributed by atoms with Gasteiger partial charge in [-0.1, -0.05) is 31.5 Å². The third-order valence-corrected chi connectivity index (χ3v) is 4.93. The van der Waals surface area contributed by atoms with E-state index in [0.29, 0.717) is 25.3 Å². The summed E-state index contributed by atoms with van der Waals surface area (Å²) in [6.45, 7) is 3.34. The van der Waals surface area contributed by atoms with E-state index >= 15 is 0 Å². The van der Waals surface area contributed by atoms with Crippen molar-refractivity contribution in [3.63, 3.8) is 0 Å². The number of nitrogens with zero attached hydrogens (tertiary/aromatic N) is 1. The minimum Gasteiger partial charge on any atom is -0.496 e. The van der Waals surface area contributed by atoms with Gasteiger partial charge in [0.25, 0.3) is 0 Å². The Morgan fingerprint density at radius 2 is 1.97 bits per heavy atom. The van der Waals surface area contributed by atoms with E-state index in [2.05, 4.69) is 16.8 Å². The molecule has 6 heteroatoms. The molecule has 29 heavy (non-hydrogen) atoms. The van der Waals surface area contributed by atoms with Crippen LogP contribution in [0.25, 0.3) is 10.9 Å². The maximum absolute atomic E-state index is 12.1. The summed E-state index contributed by atoms with van der Waals surface area (Å²) in [6, 6.07) is 13.0. The van der Waals surface area contributed by atoms with Gasteiger partial charge in [0.2, 0.25) is 5.91 Å². The van der Waals surface area contributed by atoms with Crippen LogP contribution in [0.1, 0.15) is 41.3 Å². The number of carbonyl (C=O) groups is 2. The maximum atomic E-state index is 12.1. The number of carboxylic acid groups (broad SMARTS) is 1. The molecule has 0 atom stereocenters. The molecule has 0 radical (unpaired) electrons. The van der Waals surface area contributed by atoms with E-state index in [4.69, 9.17) is 4.74 Å². The number of aromatic carboxylic acids is 1. The van der Waals surface area contributed by atoms with Crippen LogP contribution in [0.5, 0.6) is 5.75 Å². The normalized spacial score (nSPS) is 10.8. The molecule has 3 rings (SSSR count). The highest BCUT2D eigenvalue weighted by Gasteiger charge is 2.11. The highest BCUT2D eigenvalue weighted by atomic mass is 16.5. The van der Waals surface area contributed by atoms with Gasteiger partial charge in [0.05, 0.1) is 25.6 Å². The van der Waals surface area contributed by atoms with Crippen molar-refractivity contribution < 1.29 is 19.4 Å². The van der Waals surface area contributed by atoms with E-state index in [1.165, 1.54) is 13.2 Å². The summed E-state index contributed by atoms with van der Waals surface area (Å²) in [5, 5.41) is 13.2. The molecule has 1 heterocycles. The van der Waals surface area contributed by atoms with Gasteiger partial charge >= 0.3 is 5.97 Å². The molecular formula is C23H26N2O4. The second-order valence-electron chi connectivity index (χ2n) is 7.05. The molecule has 1 amide bonds. The Labute approximate surface area is 170 Å². The van der Waals surface area contributed by atoms with Crippen LogP contribution in [0.15, 0.2) is 48.7 Å². The average molecular weight is 394 g/mol. The Balaban J connectivity index is 1.82. The summed E-state index contributed by atoms with van der Waals surface area (Å²) in [6.07, 6.45) is 4.37. The van der Waals surface area contributed by atoms with Crippen molar-refractivity contribution in [1.29, 1.82) is 0 Å². The standard InChI is InChI=1S/C23H26N2O4/c1-3-4-10-24-22(26)13-16-5-6-17-9-11-25(20(17)12-16)15-19-8-7-18(23(27)28)14-21(19)29-2/h5-9,11-12,14H,3-4,10,13,15H2,1-2H3,(H,24,26)(H,27,28). The lowest BCUT2D eigenvalue weighted by atomic mass is 10.1. The van der Waals surface area contributed by atoms with Gasteiger partial charge in [-0.2, -0.15) is 0 Å². The Bertz CT molecular complexity index is 1020. The number of unbranched alkanes of at least 4 members (excludes halogenated alkanes) is 1. The van der Waals surface area contributed by atoms with Gasteiger partial charge in [-0.15, -0.1) is 0 Å². The molecule has 0 saturated carbocycles. The third kappa shape index (κ3) is 4.96. The number of ether oxygens (including phenoxy) is 1. The van der Waals surface area contributed by atoms with Gasteiger partial charge < -0.3 is 19.7 Å². The smallest absolute Gasteiger partial charge is 0.335 e. The fourth-order valence-electron chi connectivity index (χ4n) is 3.32. The van der Waals surface area contributed by atoms with E-state index in [0.717, 1.165) is 34.9 Å². The van der Waals surface area contributed by atoms with E-state index in [9.17, 15) is 14.7 Å². The lowest BCUT2D eigenvalue weighted by Crippen LogP contribution is -2.25. The number of fused-ring (bicyclic) bond motifs is 1. The first kappa shape index (κ1) is 20.5. The summed E-state index contributed by atoms with van der Waals surface area (Å²) in [5.41, 5.74) is 3.06.